The number of morpholine rings is 1. The molecule has 0 spiro atoms. The standard InChI is InChI=1S/C15H27N3O3/c1-10(2)14(19)17-12-5-4-7-18(9-12)15(20)13-11(3)21-8-6-16-13/h10-13,16H,4-9H2,1-3H3,(H,17,19)/t11-,12?,13+/m1/s1. The smallest absolute Gasteiger partial charge is 0.242 e. The monoisotopic (exact) mass is 297 g/mol. The molecule has 2 aliphatic heterocycles. The van der Waals surface area contributed by atoms with Gasteiger partial charge in [0.1, 0.15) is 6.04 Å². The summed E-state index contributed by atoms with van der Waals surface area (Å²) in [6.07, 6.45) is 1.76. The molecule has 0 radical (unpaired) electrons. The minimum Gasteiger partial charge on any atom is -0.375 e. The Morgan fingerprint density at radius 3 is 2.81 bits per heavy atom. The number of amides is 2. The first-order valence-electron chi connectivity index (χ1n) is 7.93. The number of nitrogens with one attached hydrogen (secondary N) is 2. The highest BCUT2D eigenvalue weighted by Gasteiger charge is 2.34. The van der Waals surface area contributed by atoms with Crippen molar-refractivity contribution in [3.05, 3.63) is 0 Å². The van der Waals surface area contributed by atoms with Gasteiger partial charge in [-0.1, -0.05) is 13.8 Å². The molecule has 0 saturated carbocycles. The largest absolute Gasteiger partial charge is 0.375 e. The third-order valence-corrected chi connectivity index (χ3v) is 4.19. The Morgan fingerprint density at radius 1 is 1.38 bits per heavy atom. The van der Waals surface area contributed by atoms with Gasteiger partial charge in [0.15, 0.2) is 0 Å². The topological polar surface area (TPSA) is 70.7 Å². The van der Waals surface area contributed by atoms with Gasteiger partial charge in [0.05, 0.1) is 12.7 Å². The Labute approximate surface area is 126 Å². The summed E-state index contributed by atoms with van der Waals surface area (Å²) in [5, 5.41) is 6.27. The Bertz CT molecular complexity index is 386. The van der Waals surface area contributed by atoms with Crippen LogP contribution in [0.4, 0.5) is 0 Å². The fraction of sp³-hybridized carbons (Fsp3) is 0.867. The van der Waals surface area contributed by atoms with Crippen LogP contribution < -0.4 is 10.6 Å². The zero-order valence-corrected chi connectivity index (χ0v) is 13.2. The summed E-state index contributed by atoms with van der Waals surface area (Å²) in [5.41, 5.74) is 0. The molecule has 6 heteroatoms. The van der Waals surface area contributed by atoms with Gasteiger partial charge in [-0.05, 0) is 19.8 Å². The van der Waals surface area contributed by atoms with E-state index in [0.29, 0.717) is 19.7 Å². The number of likely N-dealkylation sites (tertiary alicyclic amines) is 1. The Kier molecular flexibility index (Phi) is 5.58. The van der Waals surface area contributed by atoms with Crippen LogP contribution in [0, 0.1) is 5.92 Å². The van der Waals surface area contributed by atoms with Gasteiger partial charge in [-0.2, -0.15) is 0 Å². The minimum atomic E-state index is -0.265. The zero-order chi connectivity index (χ0) is 15.4. The highest BCUT2D eigenvalue weighted by Crippen LogP contribution is 2.15. The van der Waals surface area contributed by atoms with Gasteiger partial charge in [0.2, 0.25) is 11.8 Å². The molecule has 1 unspecified atom stereocenters. The van der Waals surface area contributed by atoms with E-state index in [1.165, 1.54) is 0 Å². The van der Waals surface area contributed by atoms with E-state index in [4.69, 9.17) is 4.74 Å². The summed E-state index contributed by atoms with van der Waals surface area (Å²) in [6, 6.07) is -0.198. The lowest BCUT2D eigenvalue weighted by atomic mass is 10.0. The van der Waals surface area contributed by atoms with Crippen molar-refractivity contribution in [1.29, 1.82) is 0 Å². The molecule has 2 rings (SSSR count). The van der Waals surface area contributed by atoms with Crippen LogP contribution in [0.25, 0.3) is 0 Å². The summed E-state index contributed by atoms with van der Waals surface area (Å²) in [4.78, 5) is 26.3. The quantitative estimate of drug-likeness (QED) is 0.777. The van der Waals surface area contributed by atoms with Crippen LogP contribution in [0.3, 0.4) is 0 Å². The van der Waals surface area contributed by atoms with Crippen LogP contribution in [-0.4, -0.2) is 61.1 Å². The molecular formula is C15H27N3O3. The van der Waals surface area contributed by atoms with E-state index in [1.54, 1.807) is 0 Å². The summed E-state index contributed by atoms with van der Waals surface area (Å²) in [7, 11) is 0. The molecule has 2 N–H and O–H groups in total. The molecule has 0 aliphatic carbocycles. The first-order valence-corrected chi connectivity index (χ1v) is 7.93. The van der Waals surface area contributed by atoms with Crippen molar-refractivity contribution in [2.75, 3.05) is 26.2 Å². The van der Waals surface area contributed by atoms with Crippen LogP contribution in [-0.2, 0) is 14.3 Å². The highest BCUT2D eigenvalue weighted by molar-refractivity contribution is 5.83. The number of ether oxygens (including phenoxy) is 1. The van der Waals surface area contributed by atoms with E-state index < -0.39 is 0 Å². The molecule has 2 amide bonds. The fourth-order valence-corrected chi connectivity index (χ4v) is 2.87. The van der Waals surface area contributed by atoms with Gasteiger partial charge in [-0.3, -0.25) is 9.59 Å². The van der Waals surface area contributed by atoms with Gasteiger partial charge in [0, 0.05) is 31.6 Å². The SMILES string of the molecule is CC(C)C(=O)NC1CCCN(C(=O)[C@H]2NCCO[C@@H]2C)C1. The molecule has 2 heterocycles. The van der Waals surface area contributed by atoms with E-state index in [1.807, 2.05) is 25.7 Å². The van der Waals surface area contributed by atoms with Crippen LogP contribution in [0.15, 0.2) is 0 Å². The normalized spacial score (nSPS) is 30.3. The second-order valence-corrected chi connectivity index (χ2v) is 6.29. The van der Waals surface area contributed by atoms with E-state index in [0.717, 1.165) is 19.4 Å². The van der Waals surface area contributed by atoms with Crippen molar-refractivity contribution in [2.24, 2.45) is 5.92 Å². The van der Waals surface area contributed by atoms with Gasteiger partial charge in [-0.15, -0.1) is 0 Å². The molecule has 2 fully saturated rings. The maximum absolute atomic E-state index is 12.6. The molecule has 3 atom stereocenters. The molecule has 0 aromatic carbocycles. The summed E-state index contributed by atoms with van der Waals surface area (Å²) in [5.74, 6) is 0.122. The average molecular weight is 297 g/mol. The Balaban J connectivity index is 1.90. The van der Waals surface area contributed by atoms with Gasteiger partial charge in [0.25, 0.3) is 0 Å². The summed E-state index contributed by atoms with van der Waals surface area (Å²) < 4.78 is 5.55. The molecule has 21 heavy (non-hydrogen) atoms. The van der Waals surface area contributed by atoms with E-state index in [9.17, 15) is 9.59 Å². The molecule has 120 valence electrons. The molecule has 2 aliphatic rings. The molecule has 0 aromatic heterocycles. The second kappa shape index (κ2) is 7.22. The van der Waals surface area contributed by atoms with Crippen molar-refractivity contribution in [2.45, 2.75) is 51.8 Å². The lowest BCUT2D eigenvalue weighted by molar-refractivity contribution is -0.141. The van der Waals surface area contributed by atoms with Gasteiger partial charge < -0.3 is 20.3 Å². The summed E-state index contributed by atoms with van der Waals surface area (Å²) in [6.45, 7) is 8.41. The maximum atomic E-state index is 12.6. The number of carbonyl (C=O) groups excluding carboxylic acids is 2. The lowest BCUT2D eigenvalue weighted by Crippen LogP contribution is -2.59. The van der Waals surface area contributed by atoms with Crippen molar-refractivity contribution < 1.29 is 14.3 Å². The zero-order valence-electron chi connectivity index (χ0n) is 13.2. The van der Waals surface area contributed by atoms with Crippen molar-refractivity contribution in [3.63, 3.8) is 0 Å². The van der Waals surface area contributed by atoms with E-state index >= 15 is 0 Å². The molecule has 2 saturated heterocycles. The van der Waals surface area contributed by atoms with E-state index in [2.05, 4.69) is 10.6 Å². The number of nitrogens with zero attached hydrogens (tertiary/aromatic N) is 1. The number of hydrogen-bond donors (Lipinski definition) is 2. The fourth-order valence-electron chi connectivity index (χ4n) is 2.87. The van der Waals surface area contributed by atoms with Gasteiger partial charge in [-0.25, -0.2) is 0 Å². The van der Waals surface area contributed by atoms with Crippen molar-refractivity contribution >= 4 is 11.8 Å². The minimum absolute atomic E-state index is 0.0236. The molecule has 0 bridgehead atoms. The lowest BCUT2D eigenvalue weighted by Gasteiger charge is -2.38. The first-order chi connectivity index (χ1) is 9.99. The van der Waals surface area contributed by atoms with Crippen LogP contribution in [0.2, 0.25) is 0 Å². The maximum Gasteiger partial charge on any atom is 0.242 e. The van der Waals surface area contributed by atoms with Crippen molar-refractivity contribution in [3.8, 4) is 0 Å². The summed E-state index contributed by atoms with van der Waals surface area (Å²) >= 11 is 0. The Morgan fingerprint density at radius 2 is 2.14 bits per heavy atom. The number of rotatable bonds is 3. The Hall–Kier alpha value is -1.14. The first kappa shape index (κ1) is 16.2. The third-order valence-electron chi connectivity index (χ3n) is 4.19. The van der Waals surface area contributed by atoms with Gasteiger partial charge >= 0.3 is 0 Å². The molecule has 6 nitrogen and oxygen atoms in total. The highest BCUT2D eigenvalue weighted by atomic mass is 16.5. The number of piperidine rings is 1. The number of carbonyl (C=O) groups is 2. The molecule has 0 aromatic rings. The molecular weight excluding hydrogens is 270 g/mol. The predicted molar refractivity (Wildman–Crippen MR) is 79.8 cm³/mol. The van der Waals surface area contributed by atoms with E-state index in [-0.39, 0.29) is 35.9 Å². The van der Waals surface area contributed by atoms with Crippen LogP contribution >= 0.6 is 0 Å². The third kappa shape index (κ3) is 4.17. The van der Waals surface area contributed by atoms with Crippen LogP contribution in [0.5, 0.6) is 0 Å². The average Bonchev–Trinajstić information content (AvgIpc) is 2.47. The second-order valence-electron chi connectivity index (χ2n) is 6.29. The predicted octanol–water partition coefficient (Wildman–Crippen LogP) is 0.127. The van der Waals surface area contributed by atoms with Crippen molar-refractivity contribution in [1.82, 2.24) is 15.5 Å². The van der Waals surface area contributed by atoms with Crippen LogP contribution in [0.1, 0.15) is 33.6 Å². The number of hydrogen-bond acceptors (Lipinski definition) is 4.